The van der Waals surface area contributed by atoms with Crippen molar-refractivity contribution >= 4 is 35.1 Å². The highest BCUT2D eigenvalue weighted by Crippen LogP contribution is 2.19. The average molecular weight is 386 g/mol. The number of hydrogen-bond donors (Lipinski definition) is 1. The number of carbonyl (C=O) groups excluding carboxylic acids is 3. The van der Waals surface area contributed by atoms with E-state index in [0.29, 0.717) is 0 Å². The molecule has 0 aromatic heterocycles. The first-order valence-electron chi connectivity index (χ1n) is 7.96. The molecule has 1 N–H and O–H groups in total. The van der Waals surface area contributed by atoms with Crippen LogP contribution in [0, 0.1) is 15.9 Å². The highest BCUT2D eigenvalue weighted by molar-refractivity contribution is 6.00. The van der Waals surface area contributed by atoms with E-state index in [1.54, 1.807) is 6.07 Å². The first-order chi connectivity index (χ1) is 13.3. The topological polar surface area (TPSA) is 116 Å². The number of carbonyl (C=O) groups is 3. The Morgan fingerprint density at radius 1 is 1.21 bits per heavy atom. The number of para-hydroxylation sites is 1. The van der Waals surface area contributed by atoms with Crippen LogP contribution in [-0.4, -0.2) is 29.2 Å². The molecule has 8 nitrogen and oxygen atoms in total. The van der Waals surface area contributed by atoms with Gasteiger partial charge in [0.05, 0.1) is 16.1 Å². The first kappa shape index (κ1) is 20.4. The van der Waals surface area contributed by atoms with E-state index < -0.39 is 35.0 Å². The lowest BCUT2D eigenvalue weighted by Crippen LogP contribution is -2.14. The molecule has 2 rings (SSSR count). The van der Waals surface area contributed by atoms with Crippen molar-refractivity contribution in [2.75, 3.05) is 11.9 Å². The van der Waals surface area contributed by atoms with Crippen LogP contribution in [0.5, 0.6) is 0 Å². The van der Waals surface area contributed by atoms with Crippen LogP contribution in [0.15, 0.2) is 48.5 Å². The number of ketones is 1. The molecule has 0 atom stereocenters. The van der Waals surface area contributed by atoms with Crippen LogP contribution < -0.4 is 5.32 Å². The van der Waals surface area contributed by atoms with Crippen LogP contribution >= 0.6 is 0 Å². The Kier molecular flexibility index (Phi) is 6.69. The number of rotatable bonds is 7. The fraction of sp³-hybridized carbons (Fsp3) is 0.105. The number of anilines is 1. The standard InChI is InChI=1S/C19H15FN2O6/c1-12(23)21-14-7-8-15(16(20)10-14)18(24)11-28-19(25)9-6-13-4-2-3-5-17(13)22(26)27/h2-10H,11H2,1H3,(H,21,23)/b9-6+. The first-order valence-corrected chi connectivity index (χ1v) is 7.96. The summed E-state index contributed by atoms with van der Waals surface area (Å²) in [5.41, 5.74) is -0.116. The van der Waals surface area contributed by atoms with Crippen molar-refractivity contribution in [1.82, 2.24) is 0 Å². The van der Waals surface area contributed by atoms with Crippen LogP contribution in [0.25, 0.3) is 6.08 Å². The summed E-state index contributed by atoms with van der Waals surface area (Å²) in [6.45, 7) is 0.546. The number of nitro benzene ring substituents is 1. The third-order valence-electron chi connectivity index (χ3n) is 3.47. The van der Waals surface area contributed by atoms with Crippen molar-refractivity contribution in [3.8, 4) is 0 Å². The average Bonchev–Trinajstić information content (AvgIpc) is 2.64. The Bertz CT molecular complexity index is 971. The van der Waals surface area contributed by atoms with E-state index in [9.17, 15) is 28.9 Å². The molecule has 144 valence electrons. The minimum absolute atomic E-state index is 0.186. The van der Waals surface area contributed by atoms with E-state index in [4.69, 9.17) is 4.74 Å². The van der Waals surface area contributed by atoms with Crippen molar-refractivity contribution in [3.05, 3.63) is 75.6 Å². The quantitative estimate of drug-likeness (QED) is 0.257. The van der Waals surface area contributed by atoms with Gasteiger partial charge in [0, 0.05) is 24.8 Å². The normalized spacial score (nSPS) is 10.5. The van der Waals surface area contributed by atoms with E-state index >= 15 is 0 Å². The van der Waals surface area contributed by atoms with Gasteiger partial charge >= 0.3 is 5.97 Å². The zero-order valence-corrected chi connectivity index (χ0v) is 14.7. The highest BCUT2D eigenvalue weighted by Gasteiger charge is 2.15. The molecule has 0 bridgehead atoms. The Balaban J connectivity index is 1.98. The number of esters is 1. The zero-order chi connectivity index (χ0) is 20.7. The van der Waals surface area contributed by atoms with Gasteiger partial charge in [-0.15, -0.1) is 0 Å². The van der Waals surface area contributed by atoms with Crippen LogP contribution in [0.1, 0.15) is 22.8 Å². The summed E-state index contributed by atoms with van der Waals surface area (Å²) in [5.74, 6) is -2.96. The lowest BCUT2D eigenvalue weighted by atomic mass is 10.1. The predicted molar refractivity (Wildman–Crippen MR) is 98.1 cm³/mol. The molecule has 0 heterocycles. The number of nitrogens with zero attached hydrogens (tertiary/aromatic N) is 1. The minimum atomic E-state index is -0.915. The Labute approximate surface area is 158 Å². The number of benzene rings is 2. The van der Waals surface area contributed by atoms with Crippen LogP contribution in [0.4, 0.5) is 15.8 Å². The molecule has 0 saturated carbocycles. The van der Waals surface area contributed by atoms with Gasteiger partial charge in [-0.25, -0.2) is 9.18 Å². The van der Waals surface area contributed by atoms with Crippen molar-refractivity contribution in [2.45, 2.75) is 6.92 Å². The number of nitro groups is 1. The largest absolute Gasteiger partial charge is 0.454 e. The molecular weight excluding hydrogens is 371 g/mol. The summed E-state index contributed by atoms with van der Waals surface area (Å²) >= 11 is 0. The molecule has 2 aromatic carbocycles. The van der Waals surface area contributed by atoms with Crippen LogP contribution in [0.3, 0.4) is 0 Å². The molecule has 2 aromatic rings. The molecule has 0 aliphatic heterocycles. The van der Waals surface area contributed by atoms with Gasteiger partial charge in [-0.3, -0.25) is 19.7 Å². The fourth-order valence-corrected chi connectivity index (χ4v) is 2.24. The second-order valence-electron chi connectivity index (χ2n) is 5.56. The molecule has 28 heavy (non-hydrogen) atoms. The number of halogens is 1. The Morgan fingerprint density at radius 3 is 2.57 bits per heavy atom. The lowest BCUT2D eigenvalue weighted by Gasteiger charge is -2.06. The SMILES string of the molecule is CC(=O)Nc1ccc(C(=O)COC(=O)/C=C/c2ccccc2[N+](=O)[O-])c(F)c1. The van der Waals surface area contributed by atoms with Gasteiger partial charge in [0.1, 0.15) is 5.82 Å². The molecule has 0 spiro atoms. The summed E-state index contributed by atoms with van der Waals surface area (Å²) in [4.78, 5) is 45.0. The van der Waals surface area contributed by atoms with Crippen molar-refractivity contribution in [2.24, 2.45) is 0 Å². The van der Waals surface area contributed by atoms with Gasteiger partial charge in [0.15, 0.2) is 6.61 Å². The van der Waals surface area contributed by atoms with Crippen molar-refractivity contribution in [3.63, 3.8) is 0 Å². The fourth-order valence-electron chi connectivity index (χ4n) is 2.24. The second-order valence-corrected chi connectivity index (χ2v) is 5.56. The van der Waals surface area contributed by atoms with E-state index in [1.807, 2.05) is 0 Å². The third kappa shape index (κ3) is 5.56. The Hall–Kier alpha value is -3.88. The molecule has 0 unspecified atom stereocenters. The third-order valence-corrected chi connectivity index (χ3v) is 3.47. The van der Waals surface area contributed by atoms with Crippen LogP contribution in [-0.2, 0) is 14.3 Å². The van der Waals surface area contributed by atoms with Gasteiger partial charge < -0.3 is 10.1 Å². The van der Waals surface area contributed by atoms with Crippen molar-refractivity contribution < 1.29 is 28.4 Å². The minimum Gasteiger partial charge on any atom is -0.454 e. The maximum Gasteiger partial charge on any atom is 0.331 e. The molecule has 0 fully saturated rings. The van der Waals surface area contributed by atoms with E-state index in [0.717, 1.165) is 12.1 Å². The summed E-state index contributed by atoms with van der Waals surface area (Å²) in [7, 11) is 0. The number of Topliss-reactive ketones (excluding diaryl/α,β-unsaturated/α-hetero) is 1. The van der Waals surface area contributed by atoms with Crippen molar-refractivity contribution in [1.29, 1.82) is 0 Å². The molecule has 0 aliphatic rings. The van der Waals surface area contributed by atoms with Gasteiger partial charge in [-0.05, 0) is 30.3 Å². The molecule has 1 amide bonds. The van der Waals surface area contributed by atoms with E-state index in [1.165, 1.54) is 43.3 Å². The lowest BCUT2D eigenvalue weighted by molar-refractivity contribution is -0.385. The second kappa shape index (κ2) is 9.17. The zero-order valence-electron chi connectivity index (χ0n) is 14.7. The highest BCUT2D eigenvalue weighted by atomic mass is 19.1. The smallest absolute Gasteiger partial charge is 0.331 e. The summed E-state index contributed by atoms with van der Waals surface area (Å²) in [6, 6.07) is 9.26. The molecule has 9 heteroatoms. The summed E-state index contributed by atoms with van der Waals surface area (Å²) < 4.78 is 18.7. The number of ether oxygens (including phenoxy) is 1. The monoisotopic (exact) mass is 386 g/mol. The van der Waals surface area contributed by atoms with Gasteiger partial charge in [-0.1, -0.05) is 12.1 Å². The molecule has 0 radical (unpaired) electrons. The van der Waals surface area contributed by atoms with Gasteiger partial charge in [0.2, 0.25) is 11.7 Å². The van der Waals surface area contributed by atoms with Gasteiger partial charge in [0.25, 0.3) is 5.69 Å². The predicted octanol–water partition coefficient (Wildman–Crippen LogP) is 3.13. The molecule has 0 aliphatic carbocycles. The molecular formula is C19H15FN2O6. The molecule has 0 saturated heterocycles. The van der Waals surface area contributed by atoms with Gasteiger partial charge in [-0.2, -0.15) is 0 Å². The van der Waals surface area contributed by atoms with Crippen LogP contribution in [0.2, 0.25) is 0 Å². The number of hydrogen-bond acceptors (Lipinski definition) is 6. The Morgan fingerprint density at radius 2 is 1.93 bits per heavy atom. The summed E-state index contributed by atoms with van der Waals surface area (Å²) in [5, 5.41) is 13.3. The summed E-state index contributed by atoms with van der Waals surface area (Å²) in [6.07, 6.45) is 2.12. The number of amides is 1. The maximum atomic E-state index is 14.0. The van der Waals surface area contributed by atoms with E-state index in [-0.39, 0.29) is 22.5 Å². The van der Waals surface area contributed by atoms with E-state index in [2.05, 4.69) is 5.32 Å². The number of nitrogens with one attached hydrogen (secondary N) is 1. The maximum absolute atomic E-state index is 14.0.